The van der Waals surface area contributed by atoms with E-state index in [9.17, 15) is 18.3 Å². The average molecular weight is 388 g/mol. The maximum atomic E-state index is 12.5. The Morgan fingerprint density at radius 3 is 2.19 bits per heavy atom. The minimum atomic E-state index is -3.74. The van der Waals surface area contributed by atoms with Gasteiger partial charge in [0, 0.05) is 17.3 Å². The zero-order valence-electron chi connectivity index (χ0n) is 15.2. The fourth-order valence-electron chi connectivity index (χ4n) is 3.17. The first kappa shape index (κ1) is 19.4. The molecular formula is C20H24N2O4S. The highest BCUT2D eigenvalue weighted by Gasteiger charge is 2.18. The van der Waals surface area contributed by atoms with E-state index in [0.717, 1.165) is 25.7 Å². The molecule has 2 aromatic rings. The second-order valence-electron chi connectivity index (χ2n) is 6.88. The van der Waals surface area contributed by atoms with Gasteiger partial charge in [-0.05, 0) is 61.7 Å². The van der Waals surface area contributed by atoms with Crippen LogP contribution in [0.15, 0.2) is 53.4 Å². The molecular weight excluding hydrogens is 364 g/mol. The number of aliphatic hydroxyl groups excluding tert-OH is 1. The number of aliphatic hydroxyl groups is 1. The van der Waals surface area contributed by atoms with Crippen LogP contribution in [0.25, 0.3) is 0 Å². The van der Waals surface area contributed by atoms with Crippen LogP contribution in [-0.4, -0.2) is 25.5 Å². The van der Waals surface area contributed by atoms with Gasteiger partial charge in [0.05, 0.1) is 11.0 Å². The molecule has 0 aliphatic heterocycles. The van der Waals surface area contributed by atoms with Gasteiger partial charge in [-0.1, -0.05) is 25.0 Å². The number of nitrogens with one attached hydrogen (secondary N) is 2. The Labute approximate surface area is 159 Å². The van der Waals surface area contributed by atoms with Gasteiger partial charge in [-0.2, -0.15) is 0 Å². The second kappa shape index (κ2) is 8.10. The summed E-state index contributed by atoms with van der Waals surface area (Å²) in [6, 6.07) is 12.7. The molecule has 0 spiro atoms. The van der Waals surface area contributed by atoms with Gasteiger partial charge in [0.25, 0.3) is 15.9 Å². The van der Waals surface area contributed by atoms with Crippen LogP contribution in [0.1, 0.15) is 54.6 Å². The summed E-state index contributed by atoms with van der Waals surface area (Å²) in [6.07, 6.45) is 3.65. The summed E-state index contributed by atoms with van der Waals surface area (Å²) in [7, 11) is -3.74. The molecule has 0 heterocycles. The Balaban J connectivity index is 1.66. The molecule has 7 heteroatoms. The number of hydrogen-bond acceptors (Lipinski definition) is 4. The molecule has 3 rings (SSSR count). The van der Waals surface area contributed by atoms with Gasteiger partial charge in [0.2, 0.25) is 0 Å². The van der Waals surface area contributed by atoms with Crippen molar-refractivity contribution >= 4 is 21.6 Å². The number of hydrogen-bond donors (Lipinski definition) is 3. The van der Waals surface area contributed by atoms with E-state index in [1.807, 2.05) is 0 Å². The maximum absolute atomic E-state index is 12.5. The summed E-state index contributed by atoms with van der Waals surface area (Å²) in [5, 5.41) is 12.5. The fraction of sp³-hybridized carbons (Fsp3) is 0.350. The summed E-state index contributed by atoms with van der Waals surface area (Å²) in [4.78, 5) is 12.3. The van der Waals surface area contributed by atoms with Gasteiger partial charge in [0.15, 0.2) is 0 Å². The molecule has 1 fully saturated rings. The summed E-state index contributed by atoms with van der Waals surface area (Å²) < 4.78 is 27.5. The van der Waals surface area contributed by atoms with Crippen LogP contribution in [0.5, 0.6) is 0 Å². The van der Waals surface area contributed by atoms with Gasteiger partial charge in [-0.25, -0.2) is 8.42 Å². The standard InChI is InChI=1S/C20H24N2O4S/c1-14(23)15-8-12-19(13-9-15)27(25,26)22-18-10-6-16(7-11-18)20(24)21-17-4-2-3-5-17/h6-14,17,22-23H,2-5H2,1H3,(H,21,24)/t14-/m1/s1. The van der Waals surface area contributed by atoms with Crippen molar-refractivity contribution in [2.75, 3.05) is 4.72 Å². The number of sulfonamides is 1. The minimum absolute atomic E-state index is 0.106. The zero-order chi connectivity index (χ0) is 19.4. The molecule has 1 aliphatic rings. The van der Waals surface area contributed by atoms with E-state index in [1.54, 1.807) is 43.3 Å². The number of amides is 1. The molecule has 0 saturated heterocycles. The van der Waals surface area contributed by atoms with Gasteiger partial charge >= 0.3 is 0 Å². The molecule has 0 unspecified atom stereocenters. The van der Waals surface area contributed by atoms with Gasteiger partial charge in [0.1, 0.15) is 0 Å². The van der Waals surface area contributed by atoms with Crippen LogP contribution < -0.4 is 10.0 Å². The molecule has 2 aromatic carbocycles. The quantitative estimate of drug-likeness (QED) is 0.708. The first-order chi connectivity index (χ1) is 12.8. The van der Waals surface area contributed by atoms with Crippen molar-refractivity contribution in [3.8, 4) is 0 Å². The first-order valence-electron chi connectivity index (χ1n) is 9.07. The van der Waals surface area contributed by atoms with Crippen LogP contribution in [-0.2, 0) is 10.0 Å². The molecule has 1 atom stereocenters. The average Bonchev–Trinajstić information content (AvgIpc) is 3.15. The molecule has 0 bridgehead atoms. The van der Waals surface area contributed by atoms with Crippen molar-refractivity contribution in [3.05, 3.63) is 59.7 Å². The second-order valence-corrected chi connectivity index (χ2v) is 8.57. The van der Waals surface area contributed by atoms with E-state index in [-0.39, 0.29) is 16.8 Å². The van der Waals surface area contributed by atoms with Crippen LogP contribution in [0.4, 0.5) is 5.69 Å². The topological polar surface area (TPSA) is 95.5 Å². The van der Waals surface area contributed by atoms with E-state index >= 15 is 0 Å². The Hall–Kier alpha value is -2.38. The van der Waals surface area contributed by atoms with Crippen molar-refractivity contribution in [3.63, 3.8) is 0 Å². The molecule has 144 valence electrons. The van der Waals surface area contributed by atoms with Crippen molar-refractivity contribution in [1.29, 1.82) is 0 Å². The molecule has 0 radical (unpaired) electrons. The highest BCUT2D eigenvalue weighted by Crippen LogP contribution is 2.21. The Kier molecular flexibility index (Phi) is 5.82. The zero-order valence-corrected chi connectivity index (χ0v) is 16.0. The molecule has 0 aromatic heterocycles. The lowest BCUT2D eigenvalue weighted by Gasteiger charge is -2.13. The third-order valence-electron chi connectivity index (χ3n) is 4.76. The third kappa shape index (κ3) is 4.87. The van der Waals surface area contributed by atoms with Crippen molar-refractivity contribution < 1.29 is 18.3 Å². The largest absolute Gasteiger partial charge is 0.389 e. The number of carbonyl (C=O) groups excluding carboxylic acids is 1. The smallest absolute Gasteiger partial charge is 0.261 e. The summed E-state index contributed by atoms with van der Waals surface area (Å²) >= 11 is 0. The van der Waals surface area contributed by atoms with Gasteiger partial charge in [-0.3, -0.25) is 9.52 Å². The summed E-state index contributed by atoms with van der Waals surface area (Å²) in [5.41, 5.74) is 1.53. The molecule has 1 aliphatic carbocycles. The van der Waals surface area contributed by atoms with E-state index in [4.69, 9.17) is 0 Å². The van der Waals surface area contributed by atoms with Crippen LogP contribution in [0.2, 0.25) is 0 Å². The highest BCUT2D eigenvalue weighted by molar-refractivity contribution is 7.92. The first-order valence-corrected chi connectivity index (χ1v) is 10.6. The molecule has 27 heavy (non-hydrogen) atoms. The SMILES string of the molecule is C[C@@H](O)c1ccc(S(=O)(=O)Nc2ccc(C(=O)NC3CCCC3)cc2)cc1. The van der Waals surface area contributed by atoms with Crippen molar-refractivity contribution in [2.45, 2.75) is 49.6 Å². The lowest BCUT2D eigenvalue weighted by Crippen LogP contribution is -2.32. The third-order valence-corrected chi connectivity index (χ3v) is 6.16. The van der Waals surface area contributed by atoms with Crippen molar-refractivity contribution in [1.82, 2.24) is 5.32 Å². The maximum Gasteiger partial charge on any atom is 0.261 e. The highest BCUT2D eigenvalue weighted by atomic mass is 32.2. The van der Waals surface area contributed by atoms with Gasteiger partial charge in [-0.15, -0.1) is 0 Å². The number of benzene rings is 2. The molecule has 3 N–H and O–H groups in total. The minimum Gasteiger partial charge on any atom is -0.389 e. The van der Waals surface area contributed by atoms with Crippen molar-refractivity contribution in [2.24, 2.45) is 0 Å². The van der Waals surface area contributed by atoms with E-state index < -0.39 is 16.1 Å². The summed E-state index contributed by atoms with van der Waals surface area (Å²) in [5.74, 6) is -0.134. The van der Waals surface area contributed by atoms with E-state index in [1.165, 1.54) is 12.1 Å². The Morgan fingerprint density at radius 1 is 1.04 bits per heavy atom. The fourth-order valence-corrected chi connectivity index (χ4v) is 4.23. The molecule has 1 saturated carbocycles. The monoisotopic (exact) mass is 388 g/mol. The Bertz CT molecular complexity index is 885. The predicted octanol–water partition coefficient (Wildman–Crippen LogP) is 3.21. The van der Waals surface area contributed by atoms with Crippen LogP contribution in [0, 0.1) is 0 Å². The lowest BCUT2D eigenvalue weighted by atomic mass is 10.1. The number of rotatable bonds is 6. The van der Waals surface area contributed by atoms with E-state index in [0.29, 0.717) is 16.8 Å². The molecule has 6 nitrogen and oxygen atoms in total. The van der Waals surface area contributed by atoms with Crippen LogP contribution in [0.3, 0.4) is 0 Å². The predicted molar refractivity (Wildman–Crippen MR) is 104 cm³/mol. The Morgan fingerprint density at radius 2 is 1.63 bits per heavy atom. The van der Waals surface area contributed by atoms with E-state index in [2.05, 4.69) is 10.0 Å². The van der Waals surface area contributed by atoms with Crippen LogP contribution >= 0.6 is 0 Å². The number of anilines is 1. The molecule has 1 amide bonds. The number of carbonyl (C=O) groups is 1. The normalized spacial score (nSPS) is 16.1. The summed E-state index contributed by atoms with van der Waals surface area (Å²) in [6.45, 7) is 1.62. The lowest BCUT2D eigenvalue weighted by molar-refractivity contribution is 0.0938. The van der Waals surface area contributed by atoms with Gasteiger partial charge < -0.3 is 10.4 Å².